The number of carbonyl (C=O) groups is 2. The quantitative estimate of drug-likeness (QED) is 0.519. The number of nitrogens with one attached hydrogen (secondary N) is 1. The van der Waals surface area contributed by atoms with Gasteiger partial charge in [-0.1, -0.05) is 0 Å². The molecule has 4 N–H and O–H groups in total. The maximum absolute atomic E-state index is 14.1. The Balaban J connectivity index is 2.18. The van der Waals surface area contributed by atoms with E-state index >= 15 is 0 Å². The number of carboxylic acid groups (broad SMARTS) is 1. The van der Waals surface area contributed by atoms with Crippen molar-refractivity contribution in [3.63, 3.8) is 0 Å². The highest BCUT2D eigenvalue weighted by Crippen LogP contribution is 2.41. The number of aliphatic carboxylic acids is 1. The predicted octanol–water partition coefficient (Wildman–Crippen LogP) is -0.459. The van der Waals surface area contributed by atoms with Crippen LogP contribution in [-0.2, 0) is 14.3 Å². The fraction of sp³-hybridized carbons (Fsp3) is 0.571. The van der Waals surface area contributed by atoms with Gasteiger partial charge in [0.05, 0.1) is 6.61 Å². The van der Waals surface area contributed by atoms with Crippen molar-refractivity contribution in [2.24, 2.45) is 0 Å². The molecule has 27 heavy (non-hydrogen) atoms. The summed E-state index contributed by atoms with van der Waals surface area (Å²) in [6.07, 6.45) is -6.53. The second kappa shape index (κ2) is 7.17. The summed E-state index contributed by atoms with van der Waals surface area (Å²) in [5.41, 5.74) is -3.10. The van der Waals surface area contributed by atoms with Crippen LogP contribution in [0.15, 0.2) is 17.1 Å². The van der Waals surface area contributed by atoms with Crippen LogP contribution < -0.4 is 11.0 Å². The number of hydrogen-bond acceptors (Lipinski definition) is 8. The van der Waals surface area contributed by atoms with Crippen molar-refractivity contribution in [2.45, 2.75) is 43.8 Å². The number of anilines is 1. The minimum Gasteiger partial charge on any atom is -0.478 e. The lowest BCUT2D eigenvalue weighted by Crippen LogP contribution is -2.42. The molecular formula is C14H17F2N3O8. The Morgan fingerprint density at radius 3 is 2.59 bits per heavy atom. The number of amides is 1. The molecule has 11 nitrogen and oxygen atoms in total. The highest BCUT2D eigenvalue weighted by molar-refractivity contribution is 5.87. The monoisotopic (exact) mass is 393 g/mol. The first kappa shape index (κ1) is 20.7. The van der Waals surface area contributed by atoms with Gasteiger partial charge in [0.15, 0.2) is 6.10 Å². The molecule has 0 aliphatic carbocycles. The summed E-state index contributed by atoms with van der Waals surface area (Å²) < 4.78 is 38.0. The van der Waals surface area contributed by atoms with Gasteiger partial charge >= 0.3 is 23.7 Å². The number of hydrogen-bond donors (Lipinski definition) is 4. The summed E-state index contributed by atoms with van der Waals surface area (Å²) in [6, 6.07) is 0.967. The lowest BCUT2D eigenvalue weighted by molar-refractivity contribution is -0.154. The number of ether oxygens (including phenoxy) is 2. The van der Waals surface area contributed by atoms with Gasteiger partial charge in [-0.15, -0.1) is 0 Å². The van der Waals surface area contributed by atoms with Gasteiger partial charge < -0.3 is 24.8 Å². The zero-order valence-electron chi connectivity index (χ0n) is 14.1. The van der Waals surface area contributed by atoms with Crippen molar-refractivity contribution in [3.05, 3.63) is 22.7 Å². The number of aliphatic hydroxyl groups excluding tert-OH is 2. The Kier molecular flexibility index (Phi) is 5.49. The average molecular weight is 393 g/mol. The van der Waals surface area contributed by atoms with Crippen molar-refractivity contribution in [1.82, 2.24) is 9.55 Å². The van der Waals surface area contributed by atoms with Gasteiger partial charge in [0.2, 0.25) is 11.8 Å². The third kappa shape index (κ3) is 4.04. The van der Waals surface area contributed by atoms with Gasteiger partial charge in [0.1, 0.15) is 11.9 Å². The smallest absolute Gasteiger partial charge is 0.413 e. The second-order valence-electron chi connectivity index (χ2n) is 6.16. The molecule has 1 aliphatic heterocycles. The number of aliphatic hydroxyl groups is 2. The highest BCUT2D eigenvalue weighted by Gasteiger charge is 2.59. The van der Waals surface area contributed by atoms with Crippen molar-refractivity contribution in [3.8, 4) is 0 Å². The van der Waals surface area contributed by atoms with Crippen LogP contribution in [-0.4, -0.2) is 67.3 Å². The molecule has 2 heterocycles. The van der Waals surface area contributed by atoms with Gasteiger partial charge in [0.25, 0.3) is 0 Å². The summed E-state index contributed by atoms with van der Waals surface area (Å²) in [6.45, 7) is 1.34. The molecule has 1 aliphatic rings. The van der Waals surface area contributed by atoms with Gasteiger partial charge in [0, 0.05) is 6.20 Å². The van der Waals surface area contributed by atoms with E-state index in [9.17, 15) is 28.3 Å². The Morgan fingerprint density at radius 1 is 1.48 bits per heavy atom. The number of rotatable bonds is 5. The molecule has 1 fully saturated rings. The summed E-state index contributed by atoms with van der Waals surface area (Å²) in [5, 5.41) is 29.3. The van der Waals surface area contributed by atoms with E-state index in [1.807, 2.05) is 5.32 Å². The van der Waals surface area contributed by atoms with Gasteiger partial charge in [-0.2, -0.15) is 13.8 Å². The lowest BCUT2D eigenvalue weighted by Gasteiger charge is -2.21. The van der Waals surface area contributed by atoms with E-state index in [1.54, 1.807) is 0 Å². The van der Waals surface area contributed by atoms with Crippen LogP contribution in [0.5, 0.6) is 0 Å². The Morgan fingerprint density at radius 2 is 2.11 bits per heavy atom. The molecular weight excluding hydrogens is 376 g/mol. The van der Waals surface area contributed by atoms with Crippen LogP contribution in [0, 0.1) is 0 Å². The molecule has 0 bridgehead atoms. The Hall–Kier alpha value is -2.64. The van der Waals surface area contributed by atoms with Gasteiger partial charge in [-0.25, -0.2) is 14.4 Å². The third-order valence-electron chi connectivity index (χ3n) is 3.74. The van der Waals surface area contributed by atoms with E-state index in [-0.39, 0.29) is 5.82 Å². The number of carboxylic acids is 1. The topological polar surface area (TPSA) is 160 Å². The average Bonchev–Trinajstić information content (AvgIpc) is 2.77. The van der Waals surface area contributed by atoms with Crippen molar-refractivity contribution in [2.75, 3.05) is 11.9 Å². The van der Waals surface area contributed by atoms with Crippen LogP contribution in [0.1, 0.15) is 20.1 Å². The zero-order chi connectivity index (χ0) is 20.6. The SMILES string of the molecule is CC(C)(OC(=O)Nc1ccn([C@@H]2O[C@H](CO)[C@@H](O)C2(F)F)c(=O)n1)C(=O)O. The first-order valence-electron chi connectivity index (χ1n) is 7.55. The molecule has 1 aromatic rings. The van der Waals surface area contributed by atoms with Gasteiger partial charge in [-0.3, -0.25) is 9.88 Å². The van der Waals surface area contributed by atoms with E-state index < -0.39 is 54.3 Å². The highest BCUT2D eigenvalue weighted by atomic mass is 19.3. The molecule has 0 spiro atoms. The predicted molar refractivity (Wildman–Crippen MR) is 82.3 cm³/mol. The van der Waals surface area contributed by atoms with Crippen LogP contribution >= 0.6 is 0 Å². The van der Waals surface area contributed by atoms with Crippen LogP contribution in [0.4, 0.5) is 19.4 Å². The summed E-state index contributed by atoms with van der Waals surface area (Å²) >= 11 is 0. The molecule has 1 aromatic heterocycles. The van der Waals surface area contributed by atoms with E-state index in [4.69, 9.17) is 14.9 Å². The zero-order valence-corrected chi connectivity index (χ0v) is 14.1. The molecule has 3 atom stereocenters. The number of halogens is 2. The molecule has 2 rings (SSSR count). The fourth-order valence-corrected chi connectivity index (χ4v) is 2.18. The number of alkyl halides is 2. The summed E-state index contributed by atoms with van der Waals surface area (Å²) in [5.74, 6) is -5.68. The molecule has 1 amide bonds. The standard InChI is InChI=1S/C14H17F2N3O8/c1-13(2,10(22)23)27-12(25)18-7-3-4-19(11(24)17-7)9-14(15,16)8(21)6(5-20)26-9/h3-4,6,8-9,20-21H,5H2,1-2H3,(H,22,23)(H,17,18,24,25)/t6-,8-,9-/m1/s1. The molecule has 0 saturated carbocycles. The first-order chi connectivity index (χ1) is 12.4. The fourth-order valence-electron chi connectivity index (χ4n) is 2.18. The Labute approximate surface area is 150 Å². The minimum absolute atomic E-state index is 0.385. The molecule has 13 heteroatoms. The summed E-state index contributed by atoms with van der Waals surface area (Å²) in [4.78, 5) is 37.9. The van der Waals surface area contributed by atoms with Crippen molar-refractivity contribution < 1.29 is 43.2 Å². The largest absolute Gasteiger partial charge is 0.478 e. The van der Waals surface area contributed by atoms with Crippen molar-refractivity contribution >= 4 is 17.9 Å². The van der Waals surface area contributed by atoms with E-state index in [2.05, 4.69) is 9.72 Å². The van der Waals surface area contributed by atoms with Crippen LogP contribution in [0.3, 0.4) is 0 Å². The Bertz CT molecular complexity index is 797. The van der Waals surface area contributed by atoms with E-state index in [0.29, 0.717) is 4.57 Å². The van der Waals surface area contributed by atoms with Crippen LogP contribution in [0.25, 0.3) is 0 Å². The van der Waals surface area contributed by atoms with Crippen LogP contribution in [0.2, 0.25) is 0 Å². The maximum Gasteiger partial charge on any atom is 0.413 e. The number of carbonyl (C=O) groups excluding carboxylic acids is 1. The molecule has 1 saturated heterocycles. The summed E-state index contributed by atoms with van der Waals surface area (Å²) in [7, 11) is 0. The molecule has 150 valence electrons. The van der Waals surface area contributed by atoms with Crippen molar-refractivity contribution in [1.29, 1.82) is 0 Å². The molecule has 0 unspecified atom stereocenters. The normalized spacial score (nSPS) is 24.4. The number of nitrogens with zero attached hydrogens (tertiary/aromatic N) is 2. The first-order valence-corrected chi connectivity index (χ1v) is 7.55. The second-order valence-corrected chi connectivity index (χ2v) is 6.16. The minimum atomic E-state index is -3.88. The van der Waals surface area contributed by atoms with E-state index in [1.165, 1.54) is 0 Å². The molecule has 0 aromatic carbocycles. The lowest BCUT2D eigenvalue weighted by atomic mass is 10.1. The van der Waals surface area contributed by atoms with Gasteiger partial charge in [-0.05, 0) is 19.9 Å². The molecule has 0 radical (unpaired) electrons. The maximum atomic E-state index is 14.1. The van der Waals surface area contributed by atoms with E-state index in [0.717, 1.165) is 26.1 Å². The number of aromatic nitrogens is 2. The third-order valence-corrected chi connectivity index (χ3v) is 3.74.